The van der Waals surface area contributed by atoms with Crippen molar-refractivity contribution in [2.45, 2.75) is 25.5 Å². The maximum Gasteiger partial charge on any atom is 0.232 e. The molecular formula is C29H36F2N6O4. The van der Waals surface area contributed by atoms with E-state index in [1.807, 2.05) is 12.1 Å². The minimum atomic E-state index is -0.863. The summed E-state index contributed by atoms with van der Waals surface area (Å²) >= 11 is 0. The molecule has 0 atom stereocenters. The van der Waals surface area contributed by atoms with Crippen LogP contribution in [-0.2, 0) is 6.61 Å². The van der Waals surface area contributed by atoms with Crippen molar-refractivity contribution in [1.82, 2.24) is 20.2 Å². The molecule has 0 saturated carbocycles. The number of aromatic nitrogens is 2. The number of piperidine rings is 1. The first-order chi connectivity index (χ1) is 20.0. The smallest absolute Gasteiger partial charge is 0.232 e. The minimum absolute atomic E-state index is 0.105. The summed E-state index contributed by atoms with van der Waals surface area (Å²) in [4.78, 5) is 13.5. The number of benzene rings is 2. The number of anilines is 3. The number of hydrogen-bond donors (Lipinski definition) is 2. The lowest BCUT2D eigenvalue weighted by atomic mass is 10.0. The van der Waals surface area contributed by atoms with Gasteiger partial charge in [-0.05, 0) is 25.0 Å². The van der Waals surface area contributed by atoms with Crippen LogP contribution < -0.4 is 34.5 Å². The largest absolute Gasteiger partial charge is 0.495 e. The standard InChI is InChI=1S/C29H36F2N6O4/c1-38-23-14-19(4-5-22(23)37-10-6-20(7-11-37)36-12-8-32-9-13-36)35-26-16-34-27(17-33-26)41-18-21-28(30)24(39-2)15-25(40-3)29(21)31/h4-5,14-17,20,32H,6-13,18H2,1-3H3,(H,33,35). The maximum atomic E-state index is 14.6. The molecular weight excluding hydrogens is 534 g/mol. The molecule has 2 aromatic carbocycles. The lowest BCUT2D eigenvalue weighted by Crippen LogP contribution is -2.52. The average Bonchev–Trinajstić information content (AvgIpc) is 3.02. The van der Waals surface area contributed by atoms with Crippen molar-refractivity contribution in [2.75, 3.05) is 70.8 Å². The van der Waals surface area contributed by atoms with Crippen molar-refractivity contribution < 1.29 is 27.7 Å². The molecule has 220 valence electrons. The lowest BCUT2D eigenvalue weighted by molar-refractivity contribution is 0.150. The molecule has 2 saturated heterocycles. The van der Waals surface area contributed by atoms with E-state index in [0.717, 1.165) is 75.3 Å². The number of halogens is 2. The molecule has 0 radical (unpaired) electrons. The summed E-state index contributed by atoms with van der Waals surface area (Å²) in [7, 11) is 4.25. The van der Waals surface area contributed by atoms with Gasteiger partial charge in [0.1, 0.15) is 18.2 Å². The Hall–Kier alpha value is -3.90. The van der Waals surface area contributed by atoms with E-state index < -0.39 is 18.2 Å². The van der Waals surface area contributed by atoms with E-state index >= 15 is 0 Å². The fourth-order valence-electron chi connectivity index (χ4n) is 5.35. The Morgan fingerprint density at radius 1 is 0.878 bits per heavy atom. The average molecular weight is 571 g/mol. The third-order valence-electron chi connectivity index (χ3n) is 7.58. The molecule has 2 aliphatic rings. The quantitative estimate of drug-likeness (QED) is 0.373. The first kappa shape index (κ1) is 28.6. The zero-order valence-electron chi connectivity index (χ0n) is 23.6. The van der Waals surface area contributed by atoms with Gasteiger partial charge in [-0.2, -0.15) is 0 Å². The molecule has 10 nitrogen and oxygen atoms in total. The van der Waals surface area contributed by atoms with Gasteiger partial charge < -0.3 is 34.5 Å². The second-order valence-electron chi connectivity index (χ2n) is 9.93. The first-order valence-corrected chi connectivity index (χ1v) is 13.7. The number of methoxy groups -OCH3 is 3. The Kier molecular flexibility index (Phi) is 9.20. The number of ether oxygens (including phenoxy) is 4. The van der Waals surface area contributed by atoms with Crippen LogP contribution in [0.15, 0.2) is 36.7 Å². The predicted molar refractivity (Wildman–Crippen MR) is 152 cm³/mol. The molecule has 1 aromatic heterocycles. The zero-order chi connectivity index (χ0) is 28.8. The number of nitrogens with zero attached hydrogens (tertiary/aromatic N) is 4. The predicted octanol–water partition coefficient (Wildman–Crippen LogP) is 3.98. The van der Waals surface area contributed by atoms with E-state index in [0.29, 0.717) is 11.9 Å². The highest BCUT2D eigenvalue weighted by atomic mass is 19.1. The highest BCUT2D eigenvalue weighted by Gasteiger charge is 2.27. The highest BCUT2D eigenvalue weighted by Crippen LogP contribution is 2.35. The van der Waals surface area contributed by atoms with Crippen LogP contribution in [0.1, 0.15) is 18.4 Å². The van der Waals surface area contributed by atoms with E-state index in [-0.39, 0.29) is 22.9 Å². The Morgan fingerprint density at radius 3 is 2.17 bits per heavy atom. The van der Waals surface area contributed by atoms with Crippen LogP contribution in [-0.4, -0.2) is 81.5 Å². The molecule has 2 fully saturated rings. The van der Waals surface area contributed by atoms with Crippen LogP contribution in [0, 0.1) is 11.6 Å². The fourth-order valence-corrected chi connectivity index (χ4v) is 5.35. The normalized spacial score (nSPS) is 16.4. The van der Waals surface area contributed by atoms with Crippen molar-refractivity contribution in [3.63, 3.8) is 0 Å². The van der Waals surface area contributed by atoms with Crippen molar-refractivity contribution in [1.29, 1.82) is 0 Å². The van der Waals surface area contributed by atoms with Crippen molar-refractivity contribution in [3.05, 3.63) is 53.9 Å². The van der Waals surface area contributed by atoms with Crippen LogP contribution in [0.3, 0.4) is 0 Å². The Labute approximate surface area is 238 Å². The fraction of sp³-hybridized carbons (Fsp3) is 0.448. The van der Waals surface area contributed by atoms with Gasteiger partial charge in [-0.1, -0.05) is 0 Å². The van der Waals surface area contributed by atoms with Gasteiger partial charge in [0.2, 0.25) is 5.88 Å². The molecule has 0 spiro atoms. The number of hydrogen-bond acceptors (Lipinski definition) is 10. The zero-order valence-corrected chi connectivity index (χ0v) is 23.6. The summed E-state index contributed by atoms with van der Waals surface area (Å²) in [5.74, 6) is -0.655. The summed E-state index contributed by atoms with van der Waals surface area (Å²) in [5, 5.41) is 6.64. The molecule has 2 N–H and O–H groups in total. The Morgan fingerprint density at radius 2 is 1.56 bits per heavy atom. The molecule has 41 heavy (non-hydrogen) atoms. The summed E-state index contributed by atoms with van der Waals surface area (Å²) < 4.78 is 50.4. The van der Waals surface area contributed by atoms with Crippen molar-refractivity contribution in [3.8, 4) is 23.1 Å². The number of rotatable bonds is 10. The number of piperazine rings is 1. The minimum Gasteiger partial charge on any atom is -0.495 e. The van der Waals surface area contributed by atoms with Crippen LogP contribution in [0.25, 0.3) is 0 Å². The lowest BCUT2D eigenvalue weighted by Gasteiger charge is -2.41. The molecule has 5 rings (SSSR count). The molecule has 2 aliphatic heterocycles. The van der Waals surface area contributed by atoms with E-state index in [1.54, 1.807) is 7.11 Å². The molecule has 3 heterocycles. The van der Waals surface area contributed by atoms with Crippen LogP contribution in [0.5, 0.6) is 23.1 Å². The Bertz CT molecular complexity index is 1290. The van der Waals surface area contributed by atoms with Gasteiger partial charge in [0.25, 0.3) is 0 Å². The Balaban J connectivity index is 1.19. The SMILES string of the molecule is COc1cc(Nc2cnc(OCc3c(F)c(OC)cc(OC)c3F)cn2)ccc1N1CCC(N2CCNCC2)CC1. The molecule has 0 unspecified atom stereocenters. The van der Waals surface area contributed by atoms with Crippen LogP contribution in [0.4, 0.5) is 26.0 Å². The summed E-state index contributed by atoms with van der Waals surface area (Å²) in [6.07, 6.45) is 5.13. The van der Waals surface area contributed by atoms with E-state index in [4.69, 9.17) is 18.9 Å². The second-order valence-corrected chi connectivity index (χ2v) is 9.93. The topological polar surface area (TPSA) is 93.2 Å². The van der Waals surface area contributed by atoms with E-state index in [1.165, 1.54) is 26.6 Å². The third kappa shape index (κ3) is 6.54. The van der Waals surface area contributed by atoms with Gasteiger partial charge in [-0.25, -0.2) is 18.7 Å². The van der Waals surface area contributed by atoms with Crippen LogP contribution >= 0.6 is 0 Å². The van der Waals surface area contributed by atoms with Crippen molar-refractivity contribution in [2.24, 2.45) is 0 Å². The van der Waals surface area contributed by atoms with Gasteiger partial charge in [-0.15, -0.1) is 0 Å². The first-order valence-electron chi connectivity index (χ1n) is 13.7. The van der Waals surface area contributed by atoms with Gasteiger partial charge in [0.15, 0.2) is 23.1 Å². The summed E-state index contributed by atoms with van der Waals surface area (Å²) in [6, 6.07) is 7.76. The summed E-state index contributed by atoms with van der Waals surface area (Å²) in [6.45, 7) is 5.95. The highest BCUT2D eigenvalue weighted by molar-refractivity contribution is 5.68. The third-order valence-corrected chi connectivity index (χ3v) is 7.58. The molecule has 0 bridgehead atoms. The molecule has 0 amide bonds. The van der Waals surface area contributed by atoms with Gasteiger partial charge in [0.05, 0.1) is 45.0 Å². The second kappa shape index (κ2) is 13.2. The van der Waals surface area contributed by atoms with Crippen molar-refractivity contribution >= 4 is 17.2 Å². The van der Waals surface area contributed by atoms with Gasteiger partial charge in [0, 0.05) is 63.1 Å². The molecule has 12 heteroatoms. The maximum absolute atomic E-state index is 14.6. The molecule has 3 aromatic rings. The van der Waals surface area contributed by atoms with Gasteiger partial charge >= 0.3 is 0 Å². The van der Waals surface area contributed by atoms with Crippen LogP contribution in [0.2, 0.25) is 0 Å². The van der Waals surface area contributed by atoms with E-state index in [9.17, 15) is 8.78 Å². The number of nitrogens with one attached hydrogen (secondary N) is 2. The van der Waals surface area contributed by atoms with Gasteiger partial charge in [-0.3, -0.25) is 4.90 Å². The monoisotopic (exact) mass is 570 g/mol. The van der Waals surface area contributed by atoms with E-state index in [2.05, 4.69) is 36.5 Å². The molecule has 0 aliphatic carbocycles. The summed E-state index contributed by atoms with van der Waals surface area (Å²) in [5.41, 5.74) is 1.53.